The van der Waals surface area contributed by atoms with Gasteiger partial charge in [-0.05, 0) is 24.3 Å². The van der Waals surface area contributed by atoms with Gasteiger partial charge in [0.15, 0.2) is 10.9 Å². The van der Waals surface area contributed by atoms with Crippen LogP contribution in [0.5, 0.6) is 0 Å². The van der Waals surface area contributed by atoms with Gasteiger partial charge in [-0.3, -0.25) is 9.59 Å². The summed E-state index contributed by atoms with van der Waals surface area (Å²) in [5.41, 5.74) is -0.490. The van der Waals surface area contributed by atoms with E-state index in [1.807, 2.05) is 0 Å². The van der Waals surface area contributed by atoms with E-state index < -0.39 is 22.8 Å². The maximum Gasteiger partial charge on any atom is 2.00 e. The molecule has 8 nitrogen and oxygen atoms in total. The standard InChI is InChI=1S/2C10H7NO3.Zn/c2*12-9-6-3-1-2-4-8(6)11-5-7(9)10(13)14;/h2*1-5H,(H,11,12)(H,13,14);/q;;+2/p-2. The number of aromatic nitrogens is 2. The third kappa shape index (κ3) is 4.47. The molecule has 0 fully saturated rings. The maximum absolute atomic E-state index is 11.5. The summed E-state index contributed by atoms with van der Waals surface area (Å²) >= 11 is 0. The number of hydrogen-bond donors (Lipinski definition) is 2. The second-order valence-corrected chi connectivity index (χ2v) is 5.73. The minimum atomic E-state index is -1.46. The van der Waals surface area contributed by atoms with Crippen LogP contribution in [0.4, 0.5) is 0 Å². The average Bonchev–Trinajstić information content (AvgIpc) is 2.69. The Morgan fingerprint density at radius 2 is 1.00 bits per heavy atom. The fraction of sp³-hybridized carbons (Fsp3) is 0. The molecule has 0 saturated heterocycles. The molecule has 9 heteroatoms. The molecule has 2 aromatic heterocycles. The fourth-order valence-corrected chi connectivity index (χ4v) is 2.64. The first-order valence-corrected chi connectivity index (χ1v) is 8.03. The molecule has 0 aliphatic rings. The number of carbonyl (C=O) groups is 2. The number of carboxylic acid groups (broad SMARTS) is 2. The zero-order valence-corrected chi connectivity index (χ0v) is 17.9. The van der Waals surface area contributed by atoms with Gasteiger partial charge in [0, 0.05) is 34.2 Å². The Hall–Kier alpha value is -3.58. The minimum Gasteiger partial charge on any atom is -0.545 e. The summed E-state index contributed by atoms with van der Waals surface area (Å²) in [7, 11) is 0. The number of carbonyl (C=O) groups excluding carboxylic acids is 2. The van der Waals surface area contributed by atoms with Crippen LogP contribution in [-0.2, 0) is 19.5 Å². The summed E-state index contributed by atoms with van der Waals surface area (Å²) in [5.74, 6) is -2.92. The topological polar surface area (TPSA) is 146 Å². The molecule has 2 aromatic carbocycles. The summed E-state index contributed by atoms with van der Waals surface area (Å²) < 4.78 is 0. The number of H-pyrrole nitrogens is 2. The zero-order chi connectivity index (χ0) is 20.3. The Morgan fingerprint density at radius 3 is 1.34 bits per heavy atom. The first kappa shape index (κ1) is 21.7. The number of hydrogen-bond acceptors (Lipinski definition) is 6. The van der Waals surface area contributed by atoms with Gasteiger partial charge in [-0.1, -0.05) is 24.3 Å². The Morgan fingerprint density at radius 1 is 0.655 bits per heavy atom. The smallest absolute Gasteiger partial charge is 0.545 e. The summed E-state index contributed by atoms with van der Waals surface area (Å²) in [4.78, 5) is 49.6. The van der Waals surface area contributed by atoms with Crippen molar-refractivity contribution in [3.63, 3.8) is 0 Å². The van der Waals surface area contributed by atoms with Crippen molar-refractivity contribution in [1.29, 1.82) is 0 Å². The van der Waals surface area contributed by atoms with E-state index >= 15 is 0 Å². The van der Waals surface area contributed by atoms with Crippen molar-refractivity contribution >= 4 is 33.7 Å². The number of nitrogens with one attached hydrogen (secondary N) is 2. The van der Waals surface area contributed by atoms with E-state index in [4.69, 9.17) is 0 Å². The third-order valence-electron chi connectivity index (χ3n) is 4.02. The van der Waals surface area contributed by atoms with E-state index in [1.54, 1.807) is 48.5 Å². The number of benzene rings is 2. The molecule has 0 radical (unpaired) electrons. The van der Waals surface area contributed by atoms with Crippen molar-refractivity contribution < 1.29 is 39.3 Å². The van der Waals surface area contributed by atoms with Crippen LogP contribution in [-0.4, -0.2) is 21.9 Å². The Balaban J connectivity index is 0.000000200. The van der Waals surface area contributed by atoms with Gasteiger partial charge < -0.3 is 29.8 Å². The monoisotopic (exact) mass is 440 g/mol. The summed E-state index contributed by atoms with van der Waals surface area (Å²) in [6.45, 7) is 0. The number of pyridine rings is 2. The second-order valence-electron chi connectivity index (χ2n) is 5.73. The van der Waals surface area contributed by atoms with Gasteiger partial charge in [0.05, 0.1) is 23.1 Å². The molecule has 0 aliphatic carbocycles. The number of rotatable bonds is 2. The SMILES string of the molecule is O=C([O-])c1c[nH]c2ccccc2c1=O.O=C([O-])c1c[nH]c2ccccc2c1=O.[Zn+2]. The maximum atomic E-state index is 11.5. The van der Waals surface area contributed by atoms with Gasteiger partial charge >= 0.3 is 19.5 Å². The van der Waals surface area contributed by atoms with Gasteiger partial charge in [-0.15, -0.1) is 0 Å². The number of para-hydroxylation sites is 2. The Labute approximate surface area is 175 Å². The van der Waals surface area contributed by atoms with Crippen molar-refractivity contribution in [2.75, 3.05) is 0 Å². The van der Waals surface area contributed by atoms with Gasteiger partial charge in [0.2, 0.25) is 0 Å². The molecular weight excluding hydrogens is 430 g/mol. The molecule has 4 aromatic rings. The predicted octanol–water partition coefficient (Wildman–Crippen LogP) is -0.219. The van der Waals surface area contributed by atoms with Gasteiger partial charge in [-0.25, -0.2) is 0 Å². The van der Waals surface area contributed by atoms with Crippen molar-refractivity contribution in [3.05, 3.63) is 92.5 Å². The molecule has 29 heavy (non-hydrogen) atoms. The van der Waals surface area contributed by atoms with Crippen LogP contribution in [0.3, 0.4) is 0 Å². The number of fused-ring (bicyclic) bond motifs is 2. The first-order chi connectivity index (χ1) is 13.4. The molecule has 0 spiro atoms. The molecule has 4 rings (SSSR count). The number of carboxylic acids is 2. The van der Waals surface area contributed by atoms with Crippen molar-refractivity contribution in [3.8, 4) is 0 Å². The zero-order valence-electron chi connectivity index (χ0n) is 14.9. The van der Waals surface area contributed by atoms with Crippen LogP contribution < -0.4 is 21.1 Å². The van der Waals surface area contributed by atoms with E-state index in [1.165, 1.54) is 0 Å². The molecule has 0 aliphatic heterocycles. The van der Waals surface area contributed by atoms with Crippen LogP contribution in [0.1, 0.15) is 20.7 Å². The average molecular weight is 442 g/mol. The minimum absolute atomic E-state index is 0. The first-order valence-electron chi connectivity index (χ1n) is 8.03. The van der Waals surface area contributed by atoms with Crippen molar-refractivity contribution in [2.45, 2.75) is 0 Å². The largest absolute Gasteiger partial charge is 2.00 e. The van der Waals surface area contributed by atoms with Gasteiger partial charge in [0.25, 0.3) is 0 Å². The van der Waals surface area contributed by atoms with E-state index in [9.17, 15) is 29.4 Å². The van der Waals surface area contributed by atoms with Crippen LogP contribution >= 0.6 is 0 Å². The molecule has 0 saturated carbocycles. The quantitative estimate of drug-likeness (QED) is 0.411. The van der Waals surface area contributed by atoms with Crippen LogP contribution in [0.25, 0.3) is 21.8 Å². The van der Waals surface area contributed by atoms with Crippen molar-refractivity contribution in [2.24, 2.45) is 0 Å². The molecule has 2 N–H and O–H groups in total. The van der Waals surface area contributed by atoms with Crippen LogP contribution in [0.15, 0.2) is 70.5 Å². The molecule has 0 bridgehead atoms. The van der Waals surface area contributed by atoms with Gasteiger partial charge in [0.1, 0.15) is 0 Å². The summed E-state index contributed by atoms with van der Waals surface area (Å²) in [5, 5.41) is 21.8. The molecular formula is C20H12N2O6Zn. The Kier molecular flexibility index (Phi) is 6.80. The second kappa shape index (κ2) is 9.08. The number of aromatic carboxylic acids is 2. The summed E-state index contributed by atoms with van der Waals surface area (Å²) in [6, 6.07) is 13.4. The normalized spacial score (nSPS) is 9.93. The fourth-order valence-electron chi connectivity index (χ4n) is 2.64. The van der Waals surface area contributed by atoms with E-state index in [-0.39, 0.29) is 30.6 Å². The van der Waals surface area contributed by atoms with E-state index in [0.717, 1.165) is 12.4 Å². The molecule has 140 valence electrons. The molecule has 0 amide bonds. The molecule has 0 unspecified atom stereocenters. The number of aromatic amines is 2. The van der Waals surface area contributed by atoms with E-state index in [0.29, 0.717) is 21.8 Å². The van der Waals surface area contributed by atoms with Crippen molar-refractivity contribution in [1.82, 2.24) is 9.97 Å². The Bertz CT molecular complexity index is 1220. The molecule has 2 heterocycles. The van der Waals surface area contributed by atoms with E-state index in [2.05, 4.69) is 9.97 Å². The predicted molar refractivity (Wildman–Crippen MR) is 97.8 cm³/mol. The molecule has 0 atom stereocenters. The van der Waals surface area contributed by atoms with Gasteiger partial charge in [-0.2, -0.15) is 0 Å². The third-order valence-corrected chi connectivity index (χ3v) is 4.02. The summed E-state index contributed by atoms with van der Waals surface area (Å²) in [6.07, 6.45) is 2.31. The van der Waals surface area contributed by atoms with Crippen LogP contribution in [0, 0.1) is 0 Å². The van der Waals surface area contributed by atoms with Crippen LogP contribution in [0.2, 0.25) is 0 Å².